The van der Waals surface area contributed by atoms with Crippen molar-refractivity contribution in [2.24, 2.45) is 0 Å². The Morgan fingerprint density at radius 1 is 1.00 bits per heavy atom. The Kier molecular flexibility index (Phi) is 5.02. The number of rotatable bonds is 4. The summed E-state index contributed by atoms with van der Waals surface area (Å²) in [6.07, 6.45) is 2.53. The fraction of sp³-hybridized carbons (Fsp3) is 0.435. The molecule has 5 heteroatoms. The van der Waals surface area contributed by atoms with E-state index in [2.05, 4.69) is 18.0 Å². The molecular weight excluding hydrogens is 352 g/mol. The molecule has 148 valence electrons. The van der Waals surface area contributed by atoms with Gasteiger partial charge in [-0.1, -0.05) is 12.1 Å². The summed E-state index contributed by atoms with van der Waals surface area (Å²) in [5, 5.41) is 0. The third-order valence-electron chi connectivity index (χ3n) is 6.29. The number of hydrogen-bond acceptors (Lipinski definition) is 4. The molecule has 2 heterocycles. The number of carbonyl (C=O) groups excluding carboxylic acids is 1. The second kappa shape index (κ2) is 7.47. The lowest BCUT2D eigenvalue weighted by Gasteiger charge is -2.38. The van der Waals surface area contributed by atoms with E-state index >= 15 is 0 Å². The summed E-state index contributed by atoms with van der Waals surface area (Å²) >= 11 is 0. The molecule has 0 unspecified atom stereocenters. The van der Waals surface area contributed by atoms with E-state index in [-0.39, 0.29) is 11.3 Å². The van der Waals surface area contributed by atoms with Gasteiger partial charge in [-0.3, -0.25) is 4.79 Å². The Balaban J connectivity index is 1.62. The molecule has 1 spiro atoms. The van der Waals surface area contributed by atoms with Crippen molar-refractivity contribution in [3.8, 4) is 11.5 Å². The number of piperidine rings is 1. The van der Waals surface area contributed by atoms with Crippen LogP contribution in [0.15, 0.2) is 42.5 Å². The monoisotopic (exact) mass is 380 g/mol. The second-order valence-corrected chi connectivity index (χ2v) is 7.97. The number of fused-ring (bicyclic) bond motifs is 2. The van der Waals surface area contributed by atoms with E-state index in [9.17, 15) is 4.79 Å². The molecule has 0 aromatic heterocycles. The summed E-state index contributed by atoms with van der Waals surface area (Å²) in [5.41, 5.74) is 3.35. The zero-order valence-corrected chi connectivity index (χ0v) is 16.9. The molecule has 0 atom stereocenters. The minimum atomic E-state index is 0.0337. The molecule has 2 aliphatic rings. The minimum Gasteiger partial charge on any atom is -0.497 e. The summed E-state index contributed by atoms with van der Waals surface area (Å²) in [6, 6.07) is 13.9. The van der Waals surface area contributed by atoms with Gasteiger partial charge in [-0.15, -0.1) is 0 Å². The van der Waals surface area contributed by atoms with Gasteiger partial charge in [0, 0.05) is 17.6 Å². The summed E-state index contributed by atoms with van der Waals surface area (Å²) in [4.78, 5) is 17.6. The van der Waals surface area contributed by atoms with E-state index < -0.39 is 0 Å². The molecule has 1 amide bonds. The molecule has 4 rings (SSSR count). The molecule has 28 heavy (non-hydrogen) atoms. The fourth-order valence-corrected chi connectivity index (χ4v) is 4.49. The van der Waals surface area contributed by atoms with Gasteiger partial charge in [-0.25, -0.2) is 0 Å². The van der Waals surface area contributed by atoms with Crippen LogP contribution in [-0.4, -0.2) is 51.7 Å². The van der Waals surface area contributed by atoms with E-state index in [0.29, 0.717) is 6.42 Å². The molecule has 2 aliphatic heterocycles. The third-order valence-corrected chi connectivity index (χ3v) is 6.29. The molecule has 2 aromatic carbocycles. The first kappa shape index (κ1) is 18.8. The van der Waals surface area contributed by atoms with Gasteiger partial charge in [0.05, 0.1) is 20.6 Å². The Hall–Kier alpha value is -2.53. The number of amides is 1. The number of carbonyl (C=O) groups is 1. The normalized spacial score (nSPS) is 18.2. The molecule has 2 aromatic rings. The number of benzene rings is 2. The average Bonchev–Trinajstić information content (AvgIpc) is 3.04. The summed E-state index contributed by atoms with van der Waals surface area (Å²) < 4.78 is 10.7. The van der Waals surface area contributed by atoms with Gasteiger partial charge in [-0.05, 0) is 74.4 Å². The van der Waals surface area contributed by atoms with E-state index in [4.69, 9.17) is 9.47 Å². The van der Waals surface area contributed by atoms with Crippen LogP contribution in [0.4, 0.5) is 5.69 Å². The van der Waals surface area contributed by atoms with Crippen molar-refractivity contribution in [3.05, 3.63) is 53.6 Å². The number of likely N-dealkylation sites (tertiary alicyclic amines) is 1. The van der Waals surface area contributed by atoms with Crippen LogP contribution >= 0.6 is 0 Å². The van der Waals surface area contributed by atoms with Crippen LogP contribution in [0.2, 0.25) is 0 Å². The van der Waals surface area contributed by atoms with Crippen molar-refractivity contribution in [3.63, 3.8) is 0 Å². The Bertz CT molecular complexity index is 855. The number of anilines is 1. The predicted molar refractivity (Wildman–Crippen MR) is 110 cm³/mol. The lowest BCUT2D eigenvalue weighted by molar-refractivity contribution is -0.118. The van der Waals surface area contributed by atoms with Crippen molar-refractivity contribution in [2.75, 3.05) is 45.8 Å². The van der Waals surface area contributed by atoms with Gasteiger partial charge in [-0.2, -0.15) is 0 Å². The SMILES string of the molecule is COc1ccc(CC(=O)N2CC3(CCN(C)CC3)c3cc(OC)ccc32)cc1. The lowest BCUT2D eigenvalue weighted by Crippen LogP contribution is -2.45. The number of methoxy groups -OCH3 is 2. The van der Waals surface area contributed by atoms with E-state index in [1.807, 2.05) is 41.3 Å². The van der Waals surface area contributed by atoms with Gasteiger partial charge in [0.15, 0.2) is 0 Å². The Morgan fingerprint density at radius 3 is 2.29 bits per heavy atom. The van der Waals surface area contributed by atoms with Crippen LogP contribution < -0.4 is 14.4 Å². The highest BCUT2D eigenvalue weighted by atomic mass is 16.5. The van der Waals surface area contributed by atoms with Crippen LogP contribution in [0.25, 0.3) is 0 Å². The Labute approximate surface area is 166 Å². The zero-order chi connectivity index (χ0) is 19.7. The maximum Gasteiger partial charge on any atom is 0.231 e. The predicted octanol–water partition coefficient (Wildman–Crippen LogP) is 3.26. The van der Waals surface area contributed by atoms with Gasteiger partial charge in [0.1, 0.15) is 11.5 Å². The van der Waals surface area contributed by atoms with Crippen LogP contribution in [-0.2, 0) is 16.6 Å². The van der Waals surface area contributed by atoms with Gasteiger partial charge in [0.2, 0.25) is 5.91 Å². The van der Waals surface area contributed by atoms with Crippen molar-refractivity contribution in [1.82, 2.24) is 4.90 Å². The quantitative estimate of drug-likeness (QED) is 0.817. The summed E-state index contributed by atoms with van der Waals surface area (Å²) in [6.45, 7) is 2.87. The van der Waals surface area contributed by atoms with Crippen molar-refractivity contribution >= 4 is 11.6 Å². The van der Waals surface area contributed by atoms with Gasteiger partial charge < -0.3 is 19.3 Å². The molecule has 1 saturated heterocycles. The number of hydrogen-bond donors (Lipinski definition) is 0. The van der Waals surface area contributed by atoms with E-state index in [1.54, 1.807) is 14.2 Å². The first-order valence-corrected chi connectivity index (χ1v) is 9.85. The lowest BCUT2D eigenvalue weighted by atomic mass is 9.74. The standard InChI is InChI=1S/C23H28N2O3/c1-24-12-10-23(11-13-24)16-25(21-9-8-19(28-3)15-20(21)23)22(26)14-17-4-6-18(27-2)7-5-17/h4-9,15H,10-14,16H2,1-3H3. The van der Waals surface area contributed by atoms with E-state index in [1.165, 1.54) is 5.56 Å². The molecule has 0 saturated carbocycles. The maximum absolute atomic E-state index is 13.2. The van der Waals surface area contributed by atoms with Crippen LogP contribution in [0.3, 0.4) is 0 Å². The summed E-state index contributed by atoms with van der Waals surface area (Å²) in [5.74, 6) is 1.81. The highest BCUT2D eigenvalue weighted by molar-refractivity contribution is 5.97. The molecule has 0 bridgehead atoms. The molecule has 5 nitrogen and oxygen atoms in total. The molecular formula is C23H28N2O3. The molecule has 0 aliphatic carbocycles. The van der Waals surface area contributed by atoms with Gasteiger partial charge >= 0.3 is 0 Å². The number of nitrogens with zero attached hydrogens (tertiary/aromatic N) is 2. The first-order valence-electron chi connectivity index (χ1n) is 9.85. The van der Waals surface area contributed by atoms with Gasteiger partial charge in [0.25, 0.3) is 0 Å². The van der Waals surface area contributed by atoms with Crippen LogP contribution in [0, 0.1) is 0 Å². The Morgan fingerprint density at radius 2 is 1.64 bits per heavy atom. The first-order chi connectivity index (χ1) is 13.5. The molecule has 0 radical (unpaired) electrons. The largest absolute Gasteiger partial charge is 0.497 e. The van der Waals surface area contributed by atoms with Crippen LogP contribution in [0.5, 0.6) is 11.5 Å². The zero-order valence-electron chi connectivity index (χ0n) is 16.9. The average molecular weight is 380 g/mol. The highest BCUT2D eigenvalue weighted by Crippen LogP contribution is 2.48. The molecule has 1 fully saturated rings. The fourth-order valence-electron chi connectivity index (χ4n) is 4.49. The maximum atomic E-state index is 13.2. The summed E-state index contributed by atoms with van der Waals surface area (Å²) in [7, 11) is 5.52. The smallest absolute Gasteiger partial charge is 0.231 e. The van der Waals surface area contributed by atoms with Crippen molar-refractivity contribution in [1.29, 1.82) is 0 Å². The van der Waals surface area contributed by atoms with Crippen molar-refractivity contribution < 1.29 is 14.3 Å². The third kappa shape index (κ3) is 3.35. The minimum absolute atomic E-state index is 0.0337. The van der Waals surface area contributed by atoms with Crippen molar-refractivity contribution in [2.45, 2.75) is 24.7 Å². The topological polar surface area (TPSA) is 42.0 Å². The molecule has 0 N–H and O–H groups in total. The van der Waals surface area contributed by atoms with E-state index in [0.717, 1.165) is 55.2 Å². The highest BCUT2D eigenvalue weighted by Gasteiger charge is 2.46. The second-order valence-electron chi connectivity index (χ2n) is 7.97. The number of ether oxygens (including phenoxy) is 2. The van der Waals surface area contributed by atoms with Crippen LogP contribution in [0.1, 0.15) is 24.0 Å².